The third kappa shape index (κ3) is 4.20. The minimum atomic E-state index is 0.517. The monoisotopic (exact) mass is 376 g/mol. The van der Waals surface area contributed by atoms with Gasteiger partial charge in [-0.15, -0.1) is 0 Å². The molecule has 0 saturated heterocycles. The molecule has 0 nitrogen and oxygen atoms in total. The normalized spacial score (nSPS) is 19.9. The Hall–Kier alpha value is -1.09. The minimum Gasteiger partial charge on any atom is -0.0848 e. The van der Waals surface area contributed by atoms with Crippen molar-refractivity contribution >= 4 is 28.2 Å². The maximum Gasteiger partial charge on any atom is 0.00311 e. The van der Waals surface area contributed by atoms with Gasteiger partial charge in [-0.25, -0.2) is 0 Å². The molecule has 2 rings (SSSR count). The second-order valence-electron chi connectivity index (χ2n) is 5.14. The minimum absolute atomic E-state index is 0.517. The molecule has 0 aliphatic heterocycles. The number of halogens is 1. The van der Waals surface area contributed by atoms with E-state index in [2.05, 4.69) is 97.2 Å². The fourth-order valence-corrected chi connectivity index (χ4v) is 3.15. The van der Waals surface area contributed by atoms with Gasteiger partial charge >= 0.3 is 0 Å². The van der Waals surface area contributed by atoms with Gasteiger partial charge in [-0.1, -0.05) is 67.1 Å². The first-order chi connectivity index (χ1) is 9.70. The van der Waals surface area contributed by atoms with Crippen LogP contribution in [0.15, 0.2) is 69.9 Å². The van der Waals surface area contributed by atoms with Crippen molar-refractivity contribution in [3.8, 4) is 0 Å². The van der Waals surface area contributed by atoms with E-state index < -0.39 is 0 Å². The molecule has 1 aliphatic carbocycles. The number of hydrogen-bond donors (Lipinski definition) is 0. The van der Waals surface area contributed by atoms with Crippen molar-refractivity contribution < 1.29 is 0 Å². The summed E-state index contributed by atoms with van der Waals surface area (Å²) in [6.45, 7) is 4.40. The zero-order chi connectivity index (χ0) is 14.4. The van der Waals surface area contributed by atoms with E-state index in [1.54, 1.807) is 0 Å². The van der Waals surface area contributed by atoms with Crippen molar-refractivity contribution in [3.05, 3.63) is 75.4 Å². The highest BCUT2D eigenvalue weighted by molar-refractivity contribution is 14.1. The molecule has 0 amide bonds. The van der Waals surface area contributed by atoms with Crippen molar-refractivity contribution in [2.45, 2.75) is 26.7 Å². The summed E-state index contributed by atoms with van der Waals surface area (Å²) in [5.74, 6) is 0.517. The fourth-order valence-electron chi connectivity index (χ4n) is 2.34. The molecular formula is C19H21I. The summed E-state index contributed by atoms with van der Waals surface area (Å²) in [6.07, 6.45) is 13.6. The Morgan fingerprint density at radius 3 is 2.75 bits per heavy atom. The van der Waals surface area contributed by atoms with Crippen LogP contribution in [0.3, 0.4) is 0 Å². The summed E-state index contributed by atoms with van der Waals surface area (Å²) >= 11 is 2.47. The lowest BCUT2D eigenvalue weighted by molar-refractivity contribution is 0.766. The second kappa shape index (κ2) is 7.63. The van der Waals surface area contributed by atoms with Gasteiger partial charge in [0.15, 0.2) is 0 Å². The lowest BCUT2D eigenvalue weighted by atomic mass is 9.87. The Morgan fingerprint density at radius 2 is 2.05 bits per heavy atom. The summed E-state index contributed by atoms with van der Waals surface area (Å²) in [5.41, 5.74) is 4.09. The largest absolute Gasteiger partial charge is 0.0848 e. The van der Waals surface area contributed by atoms with Gasteiger partial charge in [0.2, 0.25) is 0 Å². The van der Waals surface area contributed by atoms with E-state index >= 15 is 0 Å². The van der Waals surface area contributed by atoms with Crippen LogP contribution < -0.4 is 0 Å². The van der Waals surface area contributed by atoms with Crippen molar-refractivity contribution in [3.63, 3.8) is 0 Å². The van der Waals surface area contributed by atoms with E-state index in [1.165, 1.54) is 20.3 Å². The molecule has 1 aromatic carbocycles. The number of allylic oxidation sites excluding steroid dienone is 8. The summed E-state index contributed by atoms with van der Waals surface area (Å²) in [7, 11) is 0. The van der Waals surface area contributed by atoms with Crippen LogP contribution in [0, 0.1) is 5.92 Å². The summed E-state index contributed by atoms with van der Waals surface area (Å²) in [6, 6.07) is 10.6. The summed E-state index contributed by atoms with van der Waals surface area (Å²) in [5, 5.41) is 0. The standard InChI is InChI=1S/C19H21I/c1-3-4-6-9-15(2)17-12-18(14-19(20)13-17)16-10-7-5-8-11-16/h4-12,14,17H,3,13H2,1-2H3/b6-4-,15-9+. The van der Waals surface area contributed by atoms with Crippen LogP contribution in [-0.4, -0.2) is 0 Å². The van der Waals surface area contributed by atoms with Gasteiger partial charge < -0.3 is 0 Å². The van der Waals surface area contributed by atoms with Crippen molar-refractivity contribution in [2.24, 2.45) is 5.92 Å². The van der Waals surface area contributed by atoms with Gasteiger partial charge in [0, 0.05) is 5.92 Å². The molecule has 20 heavy (non-hydrogen) atoms. The fraction of sp³-hybridized carbons (Fsp3) is 0.263. The van der Waals surface area contributed by atoms with E-state index in [1.807, 2.05) is 0 Å². The Kier molecular flexibility index (Phi) is 5.84. The van der Waals surface area contributed by atoms with Crippen LogP contribution in [-0.2, 0) is 0 Å². The summed E-state index contributed by atoms with van der Waals surface area (Å²) < 4.78 is 1.43. The average Bonchev–Trinajstić information content (AvgIpc) is 2.47. The van der Waals surface area contributed by atoms with E-state index in [9.17, 15) is 0 Å². The van der Waals surface area contributed by atoms with Crippen LogP contribution in [0.2, 0.25) is 0 Å². The van der Waals surface area contributed by atoms with E-state index in [0.29, 0.717) is 5.92 Å². The molecule has 1 atom stereocenters. The highest BCUT2D eigenvalue weighted by Gasteiger charge is 2.15. The molecular weight excluding hydrogens is 355 g/mol. The average molecular weight is 376 g/mol. The van der Waals surface area contributed by atoms with Gasteiger partial charge in [0.25, 0.3) is 0 Å². The Balaban J connectivity index is 2.25. The molecule has 0 radical (unpaired) electrons. The highest BCUT2D eigenvalue weighted by atomic mass is 127. The summed E-state index contributed by atoms with van der Waals surface area (Å²) in [4.78, 5) is 0. The molecule has 1 heteroatoms. The van der Waals surface area contributed by atoms with E-state index in [0.717, 1.165) is 12.8 Å². The smallest absolute Gasteiger partial charge is 0.00311 e. The molecule has 0 N–H and O–H groups in total. The molecule has 0 spiro atoms. The van der Waals surface area contributed by atoms with Gasteiger partial charge in [-0.05, 0) is 63.1 Å². The SMILES string of the molecule is CC/C=C\C=C(/C)C1C=C(c2ccccc2)C=C(I)C1. The van der Waals surface area contributed by atoms with Crippen LogP contribution in [0.25, 0.3) is 5.57 Å². The number of benzene rings is 1. The third-order valence-corrected chi connectivity index (χ3v) is 4.28. The quantitative estimate of drug-likeness (QED) is 0.426. The Bertz CT molecular complexity index is 559. The molecule has 1 unspecified atom stereocenters. The molecule has 0 heterocycles. The molecule has 1 aliphatic rings. The zero-order valence-electron chi connectivity index (χ0n) is 12.1. The van der Waals surface area contributed by atoms with Crippen molar-refractivity contribution in [2.75, 3.05) is 0 Å². The van der Waals surface area contributed by atoms with Gasteiger partial charge in [-0.3, -0.25) is 0 Å². The Labute approximate surface area is 136 Å². The lowest BCUT2D eigenvalue weighted by Gasteiger charge is -2.20. The van der Waals surface area contributed by atoms with Crippen LogP contribution in [0.4, 0.5) is 0 Å². The molecule has 104 valence electrons. The molecule has 0 aromatic heterocycles. The first-order valence-corrected chi connectivity index (χ1v) is 8.25. The number of rotatable bonds is 4. The van der Waals surface area contributed by atoms with Crippen LogP contribution >= 0.6 is 22.6 Å². The van der Waals surface area contributed by atoms with E-state index in [4.69, 9.17) is 0 Å². The molecule has 0 saturated carbocycles. The zero-order valence-corrected chi connectivity index (χ0v) is 14.3. The predicted octanol–water partition coefficient (Wildman–Crippen LogP) is 6.32. The molecule has 1 aromatic rings. The van der Waals surface area contributed by atoms with Gasteiger partial charge in [0.1, 0.15) is 0 Å². The first kappa shape index (κ1) is 15.3. The van der Waals surface area contributed by atoms with Crippen LogP contribution in [0.1, 0.15) is 32.3 Å². The Morgan fingerprint density at radius 1 is 1.30 bits per heavy atom. The van der Waals surface area contributed by atoms with Gasteiger partial charge in [-0.2, -0.15) is 0 Å². The predicted molar refractivity (Wildman–Crippen MR) is 97.8 cm³/mol. The highest BCUT2D eigenvalue weighted by Crippen LogP contribution is 2.35. The third-order valence-electron chi connectivity index (χ3n) is 3.53. The maximum absolute atomic E-state index is 2.47. The molecule has 0 bridgehead atoms. The van der Waals surface area contributed by atoms with Gasteiger partial charge in [0.05, 0.1) is 0 Å². The second-order valence-corrected chi connectivity index (χ2v) is 6.52. The first-order valence-electron chi connectivity index (χ1n) is 7.17. The lowest BCUT2D eigenvalue weighted by Crippen LogP contribution is -2.04. The number of hydrogen-bond acceptors (Lipinski definition) is 0. The van der Waals surface area contributed by atoms with E-state index in [-0.39, 0.29) is 0 Å². The molecule has 0 fully saturated rings. The topological polar surface area (TPSA) is 0 Å². The van der Waals surface area contributed by atoms with Crippen LogP contribution in [0.5, 0.6) is 0 Å². The van der Waals surface area contributed by atoms with Crippen molar-refractivity contribution in [1.29, 1.82) is 0 Å². The van der Waals surface area contributed by atoms with Crippen molar-refractivity contribution in [1.82, 2.24) is 0 Å². The maximum atomic E-state index is 2.47.